The summed E-state index contributed by atoms with van der Waals surface area (Å²) in [6.45, 7) is 3.19. The van der Waals surface area contributed by atoms with E-state index in [0.29, 0.717) is 36.6 Å². The molecular weight excluding hydrogens is 254 g/mol. The van der Waals surface area contributed by atoms with Gasteiger partial charge in [0.15, 0.2) is 0 Å². The summed E-state index contributed by atoms with van der Waals surface area (Å²) < 4.78 is 0. The third kappa shape index (κ3) is 2.79. The Bertz CT molecular complexity index is 490. The molecule has 1 saturated heterocycles. The minimum absolute atomic E-state index is 0.0292. The van der Waals surface area contributed by atoms with Gasteiger partial charge < -0.3 is 10.2 Å². The van der Waals surface area contributed by atoms with Gasteiger partial charge in [0.05, 0.1) is 10.6 Å². The molecule has 2 heterocycles. The summed E-state index contributed by atoms with van der Waals surface area (Å²) in [6, 6.07) is 1.66. The van der Waals surface area contributed by atoms with Crippen molar-refractivity contribution in [2.45, 2.75) is 13.3 Å². The lowest BCUT2D eigenvalue weighted by Gasteiger charge is -2.19. The summed E-state index contributed by atoms with van der Waals surface area (Å²) in [5.41, 5.74) is 1.15. The molecule has 1 fully saturated rings. The van der Waals surface area contributed by atoms with E-state index < -0.39 is 0 Å². The number of amides is 2. The lowest BCUT2D eigenvalue weighted by atomic mass is 10.2. The summed E-state index contributed by atoms with van der Waals surface area (Å²) in [4.78, 5) is 29.2. The van der Waals surface area contributed by atoms with E-state index in [1.807, 2.05) is 6.92 Å². The molecule has 96 valence electrons. The van der Waals surface area contributed by atoms with Gasteiger partial charge in [0.1, 0.15) is 0 Å². The molecule has 6 heteroatoms. The maximum Gasteiger partial charge on any atom is 0.257 e. The number of halogens is 1. The lowest BCUT2D eigenvalue weighted by Crippen LogP contribution is -2.34. The fraction of sp³-hybridized carbons (Fsp3) is 0.417. The second kappa shape index (κ2) is 5.35. The van der Waals surface area contributed by atoms with E-state index in [-0.39, 0.29) is 11.8 Å². The number of hydrogen-bond acceptors (Lipinski definition) is 3. The first kappa shape index (κ1) is 12.8. The predicted octanol–water partition coefficient (Wildman–Crippen LogP) is 1.01. The van der Waals surface area contributed by atoms with Crippen molar-refractivity contribution in [2.24, 2.45) is 0 Å². The first-order valence-electron chi connectivity index (χ1n) is 5.76. The summed E-state index contributed by atoms with van der Waals surface area (Å²) in [7, 11) is 0. The number of carbonyl (C=O) groups excluding carboxylic acids is 2. The van der Waals surface area contributed by atoms with Gasteiger partial charge in [-0.2, -0.15) is 0 Å². The van der Waals surface area contributed by atoms with Gasteiger partial charge >= 0.3 is 0 Å². The van der Waals surface area contributed by atoms with Crippen molar-refractivity contribution in [3.8, 4) is 0 Å². The van der Waals surface area contributed by atoms with Crippen LogP contribution in [-0.2, 0) is 4.79 Å². The third-order valence-electron chi connectivity index (χ3n) is 2.82. The van der Waals surface area contributed by atoms with Gasteiger partial charge in [0.2, 0.25) is 5.91 Å². The zero-order valence-electron chi connectivity index (χ0n) is 10.1. The number of aryl methyl sites for hydroxylation is 1. The Balaban J connectivity index is 2.17. The average Bonchev–Trinajstić information content (AvgIpc) is 2.53. The van der Waals surface area contributed by atoms with Crippen molar-refractivity contribution in [2.75, 3.05) is 19.6 Å². The van der Waals surface area contributed by atoms with Gasteiger partial charge in [-0.25, -0.2) is 0 Å². The number of pyridine rings is 1. The van der Waals surface area contributed by atoms with Crippen molar-refractivity contribution in [1.82, 2.24) is 15.2 Å². The highest BCUT2D eigenvalue weighted by molar-refractivity contribution is 6.33. The smallest absolute Gasteiger partial charge is 0.257 e. The van der Waals surface area contributed by atoms with E-state index in [2.05, 4.69) is 10.3 Å². The summed E-state index contributed by atoms with van der Waals surface area (Å²) in [6.07, 6.45) is 1.81. The summed E-state index contributed by atoms with van der Waals surface area (Å²) >= 11 is 6.04. The molecule has 18 heavy (non-hydrogen) atoms. The van der Waals surface area contributed by atoms with Gasteiger partial charge in [-0.1, -0.05) is 11.6 Å². The Kier molecular flexibility index (Phi) is 3.81. The molecule has 1 aliphatic rings. The van der Waals surface area contributed by atoms with Crippen LogP contribution in [-0.4, -0.2) is 41.3 Å². The van der Waals surface area contributed by atoms with Crippen LogP contribution < -0.4 is 5.32 Å². The molecular formula is C12H14ClN3O2. The van der Waals surface area contributed by atoms with Gasteiger partial charge in [0.25, 0.3) is 5.91 Å². The topological polar surface area (TPSA) is 62.3 Å². The van der Waals surface area contributed by atoms with Gasteiger partial charge in [-0.05, 0) is 13.0 Å². The van der Waals surface area contributed by atoms with E-state index in [0.717, 1.165) is 5.69 Å². The Hall–Kier alpha value is -1.62. The van der Waals surface area contributed by atoms with E-state index in [4.69, 9.17) is 11.6 Å². The van der Waals surface area contributed by atoms with Crippen LogP contribution in [0, 0.1) is 6.92 Å². The standard InChI is InChI=1S/C12H14ClN3O2/c1-8-6-10(13)9(7-15-8)12(18)16-4-2-11(17)14-3-5-16/h6-7H,2-5H2,1H3,(H,14,17). The molecule has 0 spiro atoms. The van der Waals surface area contributed by atoms with Crippen LogP contribution in [0.3, 0.4) is 0 Å². The van der Waals surface area contributed by atoms with Crippen LogP contribution in [0.5, 0.6) is 0 Å². The molecule has 0 aromatic carbocycles. The molecule has 1 aromatic rings. The summed E-state index contributed by atoms with van der Waals surface area (Å²) in [5.74, 6) is -0.206. The number of nitrogens with zero attached hydrogens (tertiary/aromatic N) is 2. The van der Waals surface area contributed by atoms with Gasteiger partial charge in [0, 0.05) is 37.9 Å². The molecule has 0 aliphatic carbocycles. The normalized spacial score (nSPS) is 16.1. The van der Waals surface area contributed by atoms with Crippen molar-refractivity contribution in [3.05, 3.63) is 28.5 Å². The molecule has 2 rings (SSSR count). The molecule has 5 nitrogen and oxygen atoms in total. The molecule has 0 bridgehead atoms. The zero-order valence-corrected chi connectivity index (χ0v) is 10.8. The number of rotatable bonds is 1. The molecule has 1 aromatic heterocycles. The van der Waals surface area contributed by atoms with Crippen LogP contribution in [0.15, 0.2) is 12.3 Å². The SMILES string of the molecule is Cc1cc(Cl)c(C(=O)N2CCNC(=O)CC2)cn1. The molecule has 0 saturated carbocycles. The lowest BCUT2D eigenvalue weighted by molar-refractivity contribution is -0.120. The fourth-order valence-electron chi connectivity index (χ4n) is 1.82. The Morgan fingerprint density at radius 3 is 3.00 bits per heavy atom. The largest absolute Gasteiger partial charge is 0.354 e. The van der Waals surface area contributed by atoms with Crippen molar-refractivity contribution in [3.63, 3.8) is 0 Å². The van der Waals surface area contributed by atoms with Crippen molar-refractivity contribution >= 4 is 23.4 Å². The monoisotopic (exact) mass is 267 g/mol. The Morgan fingerprint density at radius 2 is 2.28 bits per heavy atom. The van der Waals surface area contributed by atoms with Crippen LogP contribution in [0.4, 0.5) is 0 Å². The highest BCUT2D eigenvalue weighted by Crippen LogP contribution is 2.18. The fourth-order valence-corrected chi connectivity index (χ4v) is 2.11. The van der Waals surface area contributed by atoms with Crippen LogP contribution in [0.25, 0.3) is 0 Å². The quantitative estimate of drug-likeness (QED) is 0.826. The predicted molar refractivity (Wildman–Crippen MR) is 67.5 cm³/mol. The molecule has 2 amide bonds. The third-order valence-corrected chi connectivity index (χ3v) is 3.13. The number of carbonyl (C=O) groups is 2. The second-order valence-electron chi connectivity index (χ2n) is 4.20. The maximum atomic E-state index is 12.3. The highest BCUT2D eigenvalue weighted by atomic mass is 35.5. The average molecular weight is 268 g/mol. The number of hydrogen-bond donors (Lipinski definition) is 1. The van der Waals surface area contributed by atoms with Gasteiger partial charge in [-0.3, -0.25) is 14.6 Å². The van der Waals surface area contributed by atoms with Crippen molar-refractivity contribution in [1.29, 1.82) is 0 Å². The minimum atomic E-state index is -0.177. The minimum Gasteiger partial charge on any atom is -0.354 e. The molecule has 1 N–H and O–H groups in total. The Labute approximate surface area is 110 Å². The maximum absolute atomic E-state index is 12.3. The second-order valence-corrected chi connectivity index (χ2v) is 4.60. The first-order chi connectivity index (χ1) is 8.58. The van der Waals surface area contributed by atoms with E-state index in [1.54, 1.807) is 11.0 Å². The van der Waals surface area contributed by atoms with Crippen LogP contribution in [0.2, 0.25) is 5.02 Å². The molecule has 0 atom stereocenters. The first-order valence-corrected chi connectivity index (χ1v) is 6.14. The highest BCUT2D eigenvalue weighted by Gasteiger charge is 2.21. The number of nitrogens with one attached hydrogen (secondary N) is 1. The zero-order chi connectivity index (χ0) is 13.1. The molecule has 0 unspecified atom stereocenters. The van der Waals surface area contributed by atoms with E-state index in [1.165, 1.54) is 6.20 Å². The van der Waals surface area contributed by atoms with Crippen LogP contribution >= 0.6 is 11.6 Å². The summed E-state index contributed by atoms with van der Waals surface area (Å²) in [5, 5.41) is 3.12. The molecule has 1 aliphatic heterocycles. The molecule has 0 radical (unpaired) electrons. The number of aromatic nitrogens is 1. The van der Waals surface area contributed by atoms with E-state index >= 15 is 0 Å². The van der Waals surface area contributed by atoms with Gasteiger partial charge in [-0.15, -0.1) is 0 Å². The van der Waals surface area contributed by atoms with Crippen LogP contribution in [0.1, 0.15) is 22.5 Å². The Morgan fingerprint density at radius 1 is 1.50 bits per heavy atom. The van der Waals surface area contributed by atoms with E-state index in [9.17, 15) is 9.59 Å². The van der Waals surface area contributed by atoms with Crippen molar-refractivity contribution < 1.29 is 9.59 Å².